The van der Waals surface area contributed by atoms with Crippen molar-refractivity contribution in [2.24, 2.45) is 0 Å². The van der Waals surface area contributed by atoms with E-state index in [2.05, 4.69) is 16.0 Å². The molecule has 3 aliphatic rings. The predicted molar refractivity (Wildman–Crippen MR) is 116 cm³/mol. The minimum absolute atomic E-state index is 0.166. The molecule has 0 aromatic carbocycles. The van der Waals surface area contributed by atoms with E-state index in [0.717, 1.165) is 9.78 Å². The molecule has 0 spiro atoms. The Morgan fingerprint density at radius 3 is 2.62 bits per heavy atom. The second-order valence-electron chi connectivity index (χ2n) is 7.35. The SMILES string of the molecule is C1C[NH2+]CCN1.CC(=O)OCC1=C(C(=O)[O-])N2C(=O)[C@H](NC(=O)Cc3cccs3)[C@H]2SC1. The lowest BCUT2D eigenvalue weighted by molar-refractivity contribution is -0.657. The molecule has 0 saturated carbocycles. The van der Waals surface area contributed by atoms with Crippen molar-refractivity contribution in [3.05, 3.63) is 33.7 Å². The second-order valence-corrected chi connectivity index (χ2v) is 9.48. The van der Waals surface area contributed by atoms with E-state index in [9.17, 15) is 24.3 Å². The number of piperazine rings is 1. The van der Waals surface area contributed by atoms with Crippen LogP contribution in [0.1, 0.15) is 11.8 Å². The molecular weight excluding hydrogens is 456 g/mol. The van der Waals surface area contributed by atoms with Crippen molar-refractivity contribution in [1.29, 1.82) is 0 Å². The number of hydrogen-bond donors (Lipinski definition) is 3. The van der Waals surface area contributed by atoms with Crippen LogP contribution in [-0.2, 0) is 30.3 Å². The van der Waals surface area contributed by atoms with Crippen molar-refractivity contribution in [2.45, 2.75) is 24.8 Å². The largest absolute Gasteiger partial charge is 0.543 e. The number of quaternary nitrogens is 1. The predicted octanol–water partition coefficient (Wildman–Crippen LogP) is -2.59. The zero-order chi connectivity index (χ0) is 23.1. The maximum Gasteiger partial charge on any atom is 0.302 e. The first-order valence-electron chi connectivity index (χ1n) is 10.2. The fourth-order valence-electron chi connectivity index (χ4n) is 3.44. The minimum atomic E-state index is -1.51. The average Bonchev–Trinajstić information content (AvgIpc) is 3.29. The third kappa shape index (κ3) is 6.09. The number of hydrogen-bond acceptors (Lipinski definition) is 9. The van der Waals surface area contributed by atoms with Crippen molar-refractivity contribution in [1.82, 2.24) is 15.5 Å². The summed E-state index contributed by atoms with van der Waals surface area (Å²) in [4.78, 5) is 48.9. The number of rotatable bonds is 6. The smallest absolute Gasteiger partial charge is 0.302 e. The maximum atomic E-state index is 12.4. The van der Waals surface area contributed by atoms with E-state index in [1.807, 2.05) is 17.5 Å². The minimum Gasteiger partial charge on any atom is -0.543 e. The third-order valence-electron chi connectivity index (χ3n) is 4.97. The number of ether oxygens (including phenoxy) is 1. The van der Waals surface area contributed by atoms with Crippen LogP contribution in [0.3, 0.4) is 0 Å². The molecule has 2 saturated heterocycles. The number of esters is 1. The van der Waals surface area contributed by atoms with Crippen molar-refractivity contribution >= 4 is 46.9 Å². The molecule has 12 heteroatoms. The highest BCUT2D eigenvalue weighted by molar-refractivity contribution is 8.00. The van der Waals surface area contributed by atoms with Crippen LogP contribution in [0.4, 0.5) is 0 Å². The first-order chi connectivity index (χ1) is 15.4. The number of carboxylic acid groups (broad SMARTS) is 1. The standard InChI is InChI=1S/C16H16N2O6S2.C4H10N2/c1-8(19)24-6-9-7-26-15-12(14(21)18(15)13(9)16(22)23)17-11(20)5-10-3-2-4-25-10;1-2-6-4-3-5-1/h2-4,12,15H,5-7H2,1H3,(H,17,20)(H,22,23);5-6H,1-4H2/t12-,15+;/m0./s1. The molecule has 32 heavy (non-hydrogen) atoms. The molecule has 1 aromatic heterocycles. The third-order valence-corrected chi connectivity index (χ3v) is 7.19. The zero-order valence-corrected chi connectivity index (χ0v) is 19.3. The maximum absolute atomic E-state index is 12.4. The Hall–Kier alpha value is -2.41. The van der Waals surface area contributed by atoms with E-state index in [4.69, 9.17) is 4.74 Å². The first kappa shape index (κ1) is 24.2. The number of fused-ring (bicyclic) bond motifs is 1. The summed E-state index contributed by atoms with van der Waals surface area (Å²) in [5, 5.41) is 21.1. The number of aliphatic carboxylic acids is 1. The summed E-state index contributed by atoms with van der Waals surface area (Å²) in [5.41, 5.74) is 0.0296. The first-order valence-corrected chi connectivity index (χ1v) is 12.2. The Kier molecular flexibility index (Phi) is 8.67. The molecular formula is C20H26N4O6S2. The summed E-state index contributed by atoms with van der Waals surface area (Å²) >= 11 is 2.75. The van der Waals surface area contributed by atoms with E-state index in [1.165, 1.54) is 56.2 Å². The number of amides is 2. The Bertz CT molecular complexity index is 873. The molecule has 4 rings (SSSR count). The van der Waals surface area contributed by atoms with Crippen LogP contribution in [0.2, 0.25) is 0 Å². The quantitative estimate of drug-likeness (QED) is 0.296. The highest BCUT2D eigenvalue weighted by Crippen LogP contribution is 2.40. The normalized spacial score (nSPS) is 22.2. The molecule has 1 aromatic rings. The van der Waals surface area contributed by atoms with Crippen LogP contribution in [0.5, 0.6) is 0 Å². The molecule has 3 aliphatic heterocycles. The van der Waals surface area contributed by atoms with Crippen LogP contribution < -0.4 is 21.1 Å². The summed E-state index contributed by atoms with van der Waals surface area (Å²) in [6.07, 6.45) is 0.166. The molecule has 10 nitrogen and oxygen atoms in total. The van der Waals surface area contributed by atoms with Gasteiger partial charge in [0.05, 0.1) is 31.2 Å². The molecule has 4 heterocycles. The number of nitrogens with one attached hydrogen (secondary N) is 2. The summed E-state index contributed by atoms with van der Waals surface area (Å²) in [6.45, 7) is 5.92. The van der Waals surface area contributed by atoms with Crippen molar-refractivity contribution < 1.29 is 34.3 Å². The molecule has 2 amide bonds. The average molecular weight is 483 g/mol. The number of thiophene rings is 1. The highest BCUT2D eigenvalue weighted by atomic mass is 32.2. The monoisotopic (exact) mass is 482 g/mol. The fraction of sp³-hybridized carbons (Fsp3) is 0.500. The van der Waals surface area contributed by atoms with Crippen LogP contribution in [0.25, 0.3) is 0 Å². The molecule has 0 bridgehead atoms. The molecule has 174 valence electrons. The van der Waals surface area contributed by atoms with E-state index in [0.29, 0.717) is 5.57 Å². The summed E-state index contributed by atoms with van der Waals surface area (Å²) in [5.74, 6) is -2.59. The summed E-state index contributed by atoms with van der Waals surface area (Å²) in [7, 11) is 0. The van der Waals surface area contributed by atoms with Gasteiger partial charge >= 0.3 is 5.97 Å². The number of carbonyl (C=O) groups excluding carboxylic acids is 4. The van der Waals surface area contributed by atoms with Gasteiger partial charge in [-0.2, -0.15) is 0 Å². The highest BCUT2D eigenvalue weighted by Gasteiger charge is 2.52. The molecule has 0 unspecified atom stereocenters. The number of carboxylic acids is 1. The lowest BCUT2D eigenvalue weighted by Gasteiger charge is -2.50. The number of carbonyl (C=O) groups is 4. The zero-order valence-electron chi connectivity index (χ0n) is 17.6. The molecule has 0 radical (unpaired) electrons. The number of β-lactam (4-membered cyclic amide) rings is 1. The Balaban J connectivity index is 0.000000416. The van der Waals surface area contributed by atoms with Crippen LogP contribution in [0, 0.1) is 0 Å². The van der Waals surface area contributed by atoms with Crippen molar-refractivity contribution in [3.63, 3.8) is 0 Å². The van der Waals surface area contributed by atoms with Gasteiger partial charge in [0.15, 0.2) is 0 Å². The van der Waals surface area contributed by atoms with E-state index < -0.39 is 29.3 Å². The van der Waals surface area contributed by atoms with Gasteiger partial charge in [0.1, 0.15) is 18.0 Å². The van der Waals surface area contributed by atoms with Gasteiger partial charge in [0, 0.05) is 36.2 Å². The van der Waals surface area contributed by atoms with Crippen LogP contribution in [-0.4, -0.2) is 78.6 Å². The summed E-state index contributed by atoms with van der Waals surface area (Å²) in [6, 6.07) is 2.88. The summed E-state index contributed by atoms with van der Waals surface area (Å²) < 4.78 is 4.85. The van der Waals surface area contributed by atoms with E-state index >= 15 is 0 Å². The molecule has 2 fully saturated rings. The number of thioether (sulfide) groups is 1. The van der Waals surface area contributed by atoms with Gasteiger partial charge in [-0.3, -0.25) is 19.3 Å². The van der Waals surface area contributed by atoms with Gasteiger partial charge in [-0.1, -0.05) is 6.07 Å². The van der Waals surface area contributed by atoms with Crippen molar-refractivity contribution in [2.75, 3.05) is 38.5 Å². The topological polar surface area (TPSA) is 144 Å². The van der Waals surface area contributed by atoms with Gasteiger partial charge in [-0.25, -0.2) is 0 Å². The van der Waals surface area contributed by atoms with Gasteiger partial charge in [-0.15, -0.1) is 23.1 Å². The number of nitrogens with two attached hydrogens (primary N) is 1. The molecule has 4 N–H and O–H groups in total. The van der Waals surface area contributed by atoms with Gasteiger partial charge < -0.3 is 30.6 Å². The lowest BCUT2D eigenvalue weighted by atomic mass is 10.0. The molecule has 0 aliphatic carbocycles. The van der Waals surface area contributed by atoms with Gasteiger partial charge in [0.2, 0.25) is 5.91 Å². The van der Waals surface area contributed by atoms with E-state index in [1.54, 1.807) is 0 Å². The number of nitrogens with zero attached hydrogens (tertiary/aromatic N) is 1. The van der Waals surface area contributed by atoms with Gasteiger partial charge in [-0.05, 0) is 11.4 Å². The van der Waals surface area contributed by atoms with Crippen molar-refractivity contribution in [3.8, 4) is 0 Å². The van der Waals surface area contributed by atoms with Crippen LogP contribution >= 0.6 is 23.1 Å². The van der Waals surface area contributed by atoms with E-state index in [-0.39, 0.29) is 30.4 Å². The van der Waals surface area contributed by atoms with Gasteiger partial charge in [0.25, 0.3) is 5.91 Å². The Labute approximate surface area is 193 Å². The lowest BCUT2D eigenvalue weighted by Crippen LogP contribution is -2.89. The fourth-order valence-corrected chi connectivity index (χ4v) is 5.48. The van der Waals surface area contributed by atoms with Crippen LogP contribution in [0.15, 0.2) is 28.8 Å². The second kappa shape index (κ2) is 11.5. The Morgan fingerprint density at radius 2 is 2.09 bits per heavy atom. The Morgan fingerprint density at radius 1 is 1.34 bits per heavy atom. The molecule has 2 atom stereocenters.